The predicted octanol–water partition coefficient (Wildman–Crippen LogP) is 3.95. The monoisotopic (exact) mass is 373 g/mol. The average Bonchev–Trinajstić information content (AvgIpc) is 2.56. The van der Waals surface area contributed by atoms with Crippen LogP contribution in [-0.4, -0.2) is 19.0 Å². The van der Waals surface area contributed by atoms with Crippen LogP contribution in [0.25, 0.3) is 0 Å². The first-order valence-electron chi connectivity index (χ1n) is 7.15. The van der Waals surface area contributed by atoms with Crippen molar-refractivity contribution < 1.29 is 36.3 Å². The summed E-state index contributed by atoms with van der Waals surface area (Å²) in [7, 11) is 1.01. The molecule has 0 saturated heterocycles. The van der Waals surface area contributed by atoms with Crippen molar-refractivity contribution in [2.75, 3.05) is 12.4 Å². The maximum absolute atomic E-state index is 13.7. The summed E-state index contributed by atoms with van der Waals surface area (Å²) in [6.45, 7) is 0. The van der Waals surface area contributed by atoms with Gasteiger partial charge in [0.1, 0.15) is 11.6 Å². The minimum Gasteiger partial charge on any atom is -0.465 e. The molecular formula is C17H12F5NO3. The van der Waals surface area contributed by atoms with Gasteiger partial charge < -0.3 is 10.1 Å². The van der Waals surface area contributed by atoms with Gasteiger partial charge in [-0.3, -0.25) is 4.79 Å². The number of hydrogen-bond acceptors (Lipinski definition) is 3. The molecule has 1 N–H and O–H groups in total. The van der Waals surface area contributed by atoms with Gasteiger partial charge in [-0.25, -0.2) is 13.6 Å². The summed E-state index contributed by atoms with van der Waals surface area (Å²) >= 11 is 0. The van der Waals surface area contributed by atoms with Crippen molar-refractivity contribution >= 4 is 17.6 Å². The van der Waals surface area contributed by atoms with E-state index in [1.165, 1.54) is 0 Å². The third kappa shape index (κ3) is 4.56. The normalized spacial score (nSPS) is 11.2. The van der Waals surface area contributed by atoms with E-state index in [0.29, 0.717) is 6.07 Å². The molecule has 2 rings (SSSR count). The molecule has 0 atom stereocenters. The number of carbonyl (C=O) groups excluding carboxylic acids is 2. The second-order valence-electron chi connectivity index (χ2n) is 5.22. The second-order valence-corrected chi connectivity index (χ2v) is 5.22. The van der Waals surface area contributed by atoms with E-state index in [4.69, 9.17) is 0 Å². The van der Waals surface area contributed by atoms with Gasteiger partial charge in [0.25, 0.3) is 0 Å². The Labute approximate surface area is 144 Å². The van der Waals surface area contributed by atoms with Crippen LogP contribution in [0.15, 0.2) is 36.4 Å². The lowest BCUT2D eigenvalue weighted by Crippen LogP contribution is -2.17. The second kappa shape index (κ2) is 7.51. The van der Waals surface area contributed by atoms with Crippen LogP contribution in [0.2, 0.25) is 0 Å². The lowest BCUT2D eigenvalue weighted by molar-refractivity contribution is -0.137. The van der Waals surface area contributed by atoms with Gasteiger partial charge in [-0.2, -0.15) is 13.2 Å². The molecule has 9 heteroatoms. The number of halogens is 5. The Morgan fingerprint density at radius 3 is 2.19 bits per heavy atom. The fourth-order valence-electron chi connectivity index (χ4n) is 2.10. The topological polar surface area (TPSA) is 55.4 Å². The van der Waals surface area contributed by atoms with E-state index in [1.54, 1.807) is 0 Å². The highest BCUT2D eigenvalue weighted by Crippen LogP contribution is 2.29. The SMILES string of the molecule is COC(=O)c1cc(NC(=O)Cc2ccc(C(F)(F)F)cc2)c(F)cc1F. The van der Waals surface area contributed by atoms with E-state index < -0.39 is 46.5 Å². The van der Waals surface area contributed by atoms with Gasteiger partial charge in [-0.1, -0.05) is 12.1 Å². The lowest BCUT2D eigenvalue weighted by Gasteiger charge is -2.10. The van der Waals surface area contributed by atoms with Crippen LogP contribution in [-0.2, 0) is 22.1 Å². The minimum atomic E-state index is -4.50. The molecule has 0 aliphatic carbocycles. The molecule has 0 radical (unpaired) electrons. The van der Waals surface area contributed by atoms with Gasteiger partial charge >= 0.3 is 12.1 Å². The lowest BCUT2D eigenvalue weighted by atomic mass is 10.1. The first-order valence-corrected chi connectivity index (χ1v) is 7.15. The molecule has 0 aromatic heterocycles. The fraction of sp³-hybridized carbons (Fsp3) is 0.176. The van der Waals surface area contributed by atoms with Gasteiger partial charge in [0, 0.05) is 6.07 Å². The minimum absolute atomic E-state index is 0.256. The van der Waals surface area contributed by atoms with E-state index in [0.717, 1.165) is 37.4 Å². The Morgan fingerprint density at radius 2 is 1.65 bits per heavy atom. The molecular weight excluding hydrogens is 361 g/mol. The zero-order chi connectivity index (χ0) is 19.5. The predicted molar refractivity (Wildman–Crippen MR) is 81.5 cm³/mol. The first kappa shape index (κ1) is 19.4. The molecule has 0 saturated carbocycles. The number of ether oxygens (including phenoxy) is 1. The molecule has 0 spiro atoms. The Morgan fingerprint density at radius 1 is 1.04 bits per heavy atom. The third-order valence-corrected chi connectivity index (χ3v) is 3.38. The molecule has 0 bridgehead atoms. The van der Waals surface area contributed by atoms with Gasteiger partial charge in [0.05, 0.1) is 30.3 Å². The maximum Gasteiger partial charge on any atom is 0.416 e. The number of methoxy groups -OCH3 is 1. The van der Waals surface area contributed by atoms with Crippen LogP contribution < -0.4 is 5.32 Å². The number of rotatable bonds is 4. The molecule has 0 fully saturated rings. The summed E-state index contributed by atoms with van der Waals surface area (Å²) in [5.41, 5.74) is -1.64. The van der Waals surface area contributed by atoms with Crippen LogP contribution >= 0.6 is 0 Å². The maximum atomic E-state index is 13.7. The molecule has 26 heavy (non-hydrogen) atoms. The smallest absolute Gasteiger partial charge is 0.416 e. The number of esters is 1. The molecule has 2 aromatic carbocycles. The summed E-state index contributed by atoms with van der Waals surface area (Å²) in [5.74, 6) is -4.09. The highest BCUT2D eigenvalue weighted by atomic mass is 19.4. The van der Waals surface area contributed by atoms with Crippen molar-refractivity contribution in [2.24, 2.45) is 0 Å². The van der Waals surface area contributed by atoms with Crippen molar-refractivity contribution in [3.05, 3.63) is 64.7 Å². The molecule has 0 heterocycles. The number of benzene rings is 2. The molecule has 2 aromatic rings. The number of anilines is 1. The quantitative estimate of drug-likeness (QED) is 0.652. The zero-order valence-corrected chi connectivity index (χ0v) is 13.3. The molecule has 0 aliphatic heterocycles. The number of hydrogen-bond donors (Lipinski definition) is 1. The van der Waals surface area contributed by atoms with Crippen LogP contribution in [0.1, 0.15) is 21.5 Å². The molecule has 0 aliphatic rings. The average molecular weight is 373 g/mol. The summed E-state index contributed by atoms with van der Waals surface area (Å²) in [5, 5.41) is 2.14. The van der Waals surface area contributed by atoms with E-state index in [-0.39, 0.29) is 12.0 Å². The summed E-state index contributed by atoms with van der Waals surface area (Å²) in [4.78, 5) is 23.3. The number of alkyl halides is 3. The number of nitrogens with one attached hydrogen (secondary N) is 1. The van der Waals surface area contributed by atoms with E-state index in [1.807, 2.05) is 0 Å². The van der Waals surface area contributed by atoms with Crippen molar-refractivity contribution in [2.45, 2.75) is 12.6 Å². The van der Waals surface area contributed by atoms with Gasteiger partial charge in [-0.15, -0.1) is 0 Å². The van der Waals surface area contributed by atoms with Gasteiger partial charge in [0.15, 0.2) is 0 Å². The Hall–Kier alpha value is -2.97. The van der Waals surface area contributed by atoms with Crippen molar-refractivity contribution in [1.82, 2.24) is 0 Å². The highest BCUT2D eigenvalue weighted by Gasteiger charge is 2.30. The van der Waals surface area contributed by atoms with E-state index in [2.05, 4.69) is 10.1 Å². The Balaban J connectivity index is 2.14. The van der Waals surface area contributed by atoms with Gasteiger partial charge in [-0.05, 0) is 23.8 Å². The Kier molecular flexibility index (Phi) is 5.59. The van der Waals surface area contributed by atoms with Gasteiger partial charge in [0.2, 0.25) is 5.91 Å². The molecule has 138 valence electrons. The van der Waals surface area contributed by atoms with Crippen LogP contribution in [0.5, 0.6) is 0 Å². The molecule has 0 unspecified atom stereocenters. The fourth-order valence-corrected chi connectivity index (χ4v) is 2.10. The molecule has 4 nitrogen and oxygen atoms in total. The van der Waals surface area contributed by atoms with Crippen molar-refractivity contribution in [3.8, 4) is 0 Å². The zero-order valence-electron chi connectivity index (χ0n) is 13.3. The van der Waals surface area contributed by atoms with Crippen molar-refractivity contribution in [1.29, 1.82) is 0 Å². The van der Waals surface area contributed by atoms with Crippen molar-refractivity contribution in [3.63, 3.8) is 0 Å². The van der Waals surface area contributed by atoms with Crippen LogP contribution in [0, 0.1) is 11.6 Å². The number of carbonyl (C=O) groups is 2. The van der Waals surface area contributed by atoms with Crippen LogP contribution in [0.3, 0.4) is 0 Å². The first-order chi connectivity index (χ1) is 12.1. The summed E-state index contributed by atoms with van der Waals surface area (Å²) in [6.07, 6.45) is -4.84. The largest absolute Gasteiger partial charge is 0.465 e. The highest BCUT2D eigenvalue weighted by molar-refractivity contribution is 5.95. The standard InChI is InChI=1S/C17H12F5NO3/c1-26-16(25)11-7-14(13(19)8-12(11)18)23-15(24)6-9-2-4-10(5-3-9)17(20,21)22/h2-5,7-8H,6H2,1H3,(H,23,24). The van der Waals surface area contributed by atoms with E-state index in [9.17, 15) is 31.5 Å². The van der Waals surface area contributed by atoms with Crippen LogP contribution in [0.4, 0.5) is 27.6 Å². The number of amides is 1. The van der Waals surface area contributed by atoms with E-state index >= 15 is 0 Å². The summed E-state index contributed by atoms with van der Waals surface area (Å²) in [6, 6.07) is 5.06. The Bertz CT molecular complexity index is 832. The summed E-state index contributed by atoms with van der Waals surface area (Å²) < 4.78 is 69.1. The third-order valence-electron chi connectivity index (χ3n) is 3.38. The molecule has 1 amide bonds.